The fourth-order valence-electron chi connectivity index (χ4n) is 1.27. The molecule has 0 fully saturated rings. The zero-order chi connectivity index (χ0) is 14.1. The van der Waals surface area contributed by atoms with E-state index in [9.17, 15) is 9.59 Å². The summed E-state index contributed by atoms with van der Waals surface area (Å²) in [6, 6.07) is 9.17. The summed E-state index contributed by atoms with van der Waals surface area (Å²) in [7, 11) is 0. The van der Waals surface area contributed by atoms with Crippen molar-refractivity contribution in [1.82, 2.24) is 5.32 Å². The summed E-state index contributed by atoms with van der Waals surface area (Å²) < 4.78 is 5.76. The van der Waals surface area contributed by atoms with E-state index in [4.69, 9.17) is 10.00 Å². The van der Waals surface area contributed by atoms with Gasteiger partial charge in [0.15, 0.2) is 6.61 Å². The van der Waals surface area contributed by atoms with E-state index in [1.54, 1.807) is 12.1 Å². The summed E-state index contributed by atoms with van der Waals surface area (Å²) in [5.41, 5.74) is 0.818. The van der Waals surface area contributed by atoms with Crippen LogP contribution in [-0.4, -0.2) is 25.0 Å². The number of nitriles is 1. The van der Waals surface area contributed by atoms with E-state index in [0.29, 0.717) is 0 Å². The molecule has 100 valence electrons. The highest BCUT2D eigenvalue weighted by Gasteiger charge is 2.08. The normalized spacial score (nSPS) is 9.47. The number of carbonyl (C=O) groups excluding carboxylic acids is 2. The predicted molar refractivity (Wildman–Crippen MR) is 72.0 cm³/mol. The van der Waals surface area contributed by atoms with Gasteiger partial charge in [-0.3, -0.25) is 9.59 Å². The van der Waals surface area contributed by atoms with E-state index >= 15 is 0 Å². The number of rotatable bonds is 6. The Morgan fingerprint density at radius 1 is 1.32 bits per heavy atom. The molecule has 0 unspecified atom stereocenters. The number of hydrogen-bond donors (Lipinski definition) is 1. The Bertz CT molecular complexity index is 480. The molecular formula is C13H13BrN2O3. The number of hydrogen-bond acceptors (Lipinski definition) is 4. The number of carbonyl (C=O) groups is 2. The molecule has 0 aliphatic heterocycles. The number of amides is 1. The summed E-state index contributed by atoms with van der Waals surface area (Å²) in [4.78, 5) is 22.7. The van der Waals surface area contributed by atoms with Crippen LogP contribution in [0.3, 0.4) is 0 Å². The van der Waals surface area contributed by atoms with E-state index in [1.807, 2.05) is 18.2 Å². The van der Waals surface area contributed by atoms with Crippen molar-refractivity contribution in [2.75, 3.05) is 13.2 Å². The zero-order valence-corrected chi connectivity index (χ0v) is 11.8. The monoisotopic (exact) mass is 324 g/mol. The largest absolute Gasteiger partial charge is 0.455 e. The third-order valence-electron chi connectivity index (χ3n) is 2.18. The van der Waals surface area contributed by atoms with Gasteiger partial charge in [0, 0.05) is 11.0 Å². The second-order valence-corrected chi connectivity index (χ2v) is 4.64. The lowest BCUT2D eigenvalue weighted by Gasteiger charge is -2.05. The van der Waals surface area contributed by atoms with Crippen LogP contribution < -0.4 is 5.32 Å². The van der Waals surface area contributed by atoms with Crippen molar-refractivity contribution in [3.63, 3.8) is 0 Å². The van der Waals surface area contributed by atoms with Crippen molar-refractivity contribution >= 4 is 27.8 Å². The molecule has 0 bridgehead atoms. The van der Waals surface area contributed by atoms with Gasteiger partial charge in [-0.05, 0) is 17.7 Å². The Hall–Kier alpha value is -1.87. The average Bonchev–Trinajstić information content (AvgIpc) is 2.39. The molecule has 0 saturated heterocycles. The average molecular weight is 325 g/mol. The van der Waals surface area contributed by atoms with Crippen LogP contribution in [0.25, 0.3) is 0 Å². The Balaban J connectivity index is 2.26. The Kier molecular flexibility index (Phi) is 6.61. The fourth-order valence-corrected chi connectivity index (χ4v) is 1.54. The first-order valence-electron chi connectivity index (χ1n) is 5.65. The van der Waals surface area contributed by atoms with Gasteiger partial charge in [-0.15, -0.1) is 0 Å². The Morgan fingerprint density at radius 2 is 2.00 bits per heavy atom. The van der Waals surface area contributed by atoms with E-state index in [1.165, 1.54) is 0 Å². The fraction of sp³-hybridized carbons (Fsp3) is 0.308. The first-order chi connectivity index (χ1) is 9.11. The molecule has 1 rings (SSSR count). The van der Waals surface area contributed by atoms with Crippen LogP contribution in [0, 0.1) is 11.3 Å². The van der Waals surface area contributed by atoms with Crippen LogP contribution >= 0.6 is 15.9 Å². The van der Waals surface area contributed by atoms with Crippen LogP contribution in [-0.2, 0) is 20.7 Å². The number of esters is 1. The zero-order valence-electron chi connectivity index (χ0n) is 10.2. The summed E-state index contributed by atoms with van der Waals surface area (Å²) >= 11 is 3.30. The van der Waals surface area contributed by atoms with Gasteiger partial charge >= 0.3 is 5.97 Å². The second kappa shape index (κ2) is 8.27. The van der Waals surface area contributed by atoms with Crippen molar-refractivity contribution < 1.29 is 14.3 Å². The molecule has 1 amide bonds. The smallest absolute Gasteiger partial charge is 0.310 e. The van der Waals surface area contributed by atoms with Crippen LogP contribution in [0.2, 0.25) is 0 Å². The molecule has 0 saturated carbocycles. The molecule has 0 aliphatic carbocycles. The minimum absolute atomic E-state index is 0.124. The first kappa shape index (κ1) is 15.2. The van der Waals surface area contributed by atoms with E-state index in [0.717, 1.165) is 10.0 Å². The van der Waals surface area contributed by atoms with E-state index < -0.39 is 11.9 Å². The maximum atomic E-state index is 11.5. The third kappa shape index (κ3) is 6.58. The minimum Gasteiger partial charge on any atom is -0.455 e. The number of benzene rings is 1. The molecule has 6 heteroatoms. The van der Waals surface area contributed by atoms with Crippen molar-refractivity contribution in [1.29, 1.82) is 5.26 Å². The summed E-state index contributed by atoms with van der Waals surface area (Å²) in [6.07, 6.45) is 0.358. The second-order valence-electron chi connectivity index (χ2n) is 3.72. The highest BCUT2D eigenvalue weighted by molar-refractivity contribution is 9.10. The lowest BCUT2D eigenvalue weighted by atomic mass is 10.2. The predicted octanol–water partition coefficient (Wildman–Crippen LogP) is 1.56. The van der Waals surface area contributed by atoms with Gasteiger partial charge < -0.3 is 10.1 Å². The molecule has 0 heterocycles. The Morgan fingerprint density at radius 3 is 2.63 bits per heavy atom. The standard InChI is InChI=1S/C13H13BrN2O3/c14-11-4-2-10(3-5-11)8-13(18)19-9-12(17)16-7-1-6-15/h2-5H,1,7-9H2,(H,16,17). The molecule has 0 radical (unpaired) electrons. The van der Waals surface area contributed by atoms with Crippen LogP contribution in [0.4, 0.5) is 0 Å². The minimum atomic E-state index is -0.460. The number of halogens is 1. The summed E-state index contributed by atoms with van der Waals surface area (Å²) in [6.45, 7) is -0.0552. The topological polar surface area (TPSA) is 79.2 Å². The van der Waals surface area contributed by atoms with E-state index in [2.05, 4.69) is 21.2 Å². The molecule has 1 N–H and O–H groups in total. The maximum Gasteiger partial charge on any atom is 0.310 e. The van der Waals surface area contributed by atoms with Gasteiger partial charge in [-0.2, -0.15) is 5.26 Å². The molecule has 0 aliphatic rings. The lowest BCUT2D eigenvalue weighted by Crippen LogP contribution is -2.29. The van der Waals surface area contributed by atoms with Crippen LogP contribution in [0.5, 0.6) is 0 Å². The van der Waals surface area contributed by atoms with Gasteiger partial charge in [0.25, 0.3) is 5.91 Å². The Labute approximate surface area is 119 Å². The quantitative estimate of drug-likeness (QED) is 0.636. The van der Waals surface area contributed by atoms with Crippen molar-refractivity contribution in [3.05, 3.63) is 34.3 Å². The lowest BCUT2D eigenvalue weighted by molar-refractivity contribution is -0.147. The van der Waals surface area contributed by atoms with Crippen molar-refractivity contribution in [2.45, 2.75) is 12.8 Å². The molecule has 0 spiro atoms. The number of nitrogens with zero attached hydrogens (tertiary/aromatic N) is 1. The van der Waals surface area contributed by atoms with Gasteiger partial charge in [-0.25, -0.2) is 0 Å². The highest BCUT2D eigenvalue weighted by Crippen LogP contribution is 2.11. The van der Waals surface area contributed by atoms with Gasteiger partial charge in [0.2, 0.25) is 0 Å². The van der Waals surface area contributed by atoms with Gasteiger partial charge in [0.05, 0.1) is 18.9 Å². The molecule has 0 atom stereocenters. The summed E-state index contributed by atoms with van der Waals surface area (Å²) in [5.74, 6) is -0.864. The molecule has 0 aromatic heterocycles. The van der Waals surface area contributed by atoms with Gasteiger partial charge in [0.1, 0.15) is 0 Å². The molecular weight excluding hydrogens is 312 g/mol. The molecule has 1 aromatic rings. The molecule has 5 nitrogen and oxygen atoms in total. The molecule has 1 aromatic carbocycles. The highest BCUT2D eigenvalue weighted by atomic mass is 79.9. The van der Waals surface area contributed by atoms with Crippen LogP contribution in [0.15, 0.2) is 28.7 Å². The number of nitrogens with one attached hydrogen (secondary N) is 1. The maximum absolute atomic E-state index is 11.5. The van der Waals surface area contributed by atoms with E-state index in [-0.39, 0.29) is 26.0 Å². The van der Waals surface area contributed by atoms with Crippen molar-refractivity contribution in [2.24, 2.45) is 0 Å². The first-order valence-corrected chi connectivity index (χ1v) is 6.45. The SMILES string of the molecule is N#CCCNC(=O)COC(=O)Cc1ccc(Br)cc1. The number of ether oxygens (including phenoxy) is 1. The van der Waals surface area contributed by atoms with Gasteiger partial charge in [-0.1, -0.05) is 28.1 Å². The van der Waals surface area contributed by atoms with Crippen molar-refractivity contribution in [3.8, 4) is 6.07 Å². The third-order valence-corrected chi connectivity index (χ3v) is 2.71. The van der Waals surface area contributed by atoms with Crippen LogP contribution in [0.1, 0.15) is 12.0 Å². The molecule has 19 heavy (non-hydrogen) atoms. The summed E-state index contributed by atoms with van der Waals surface area (Å²) in [5, 5.41) is 10.8.